The van der Waals surface area contributed by atoms with Crippen molar-refractivity contribution < 1.29 is 28.3 Å². The summed E-state index contributed by atoms with van der Waals surface area (Å²) in [4.78, 5) is 36.0. The van der Waals surface area contributed by atoms with Crippen LogP contribution in [0.25, 0.3) is 0 Å². The molecule has 0 atom stereocenters. The highest BCUT2D eigenvalue weighted by atomic mass is 79.9. The van der Waals surface area contributed by atoms with E-state index < -0.39 is 11.9 Å². The Bertz CT molecular complexity index is 1140. The zero-order valence-electron chi connectivity index (χ0n) is 16.8. The average molecular weight is 500 g/mol. The molecule has 0 saturated heterocycles. The summed E-state index contributed by atoms with van der Waals surface area (Å²) in [5, 5.41) is 6.37. The molecule has 0 spiro atoms. The molecule has 164 valence electrons. The summed E-state index contributed by atoms with van der Waals surface area (Å²) < 4.78 is 16.1. The van der Waals surface area contributed by atoms with Gasteiger partial charge < -0.3 is 19.2 Å². The van der Waals surface area contributed by atoms with E-state index in [0.29, 0.717) is 21.3 Å². The van der Waals surface area contributed by atoms with Gasteiger partial charge in [0.2, 0.25) is 5.76 Å². The molecule has 0 aliphatic rings. The minimum absolute atomic E-state index is 0.0621. The Kier molecular flexibility index (Phi) is 7.76. The van der Waals surface area contributed by atoms with Gasteiger partial charge in [-0.1, -0.05) is 12.1 Å². The number of halogens is 1. The maximum Gasteiger partial charge on any atom is 0.379 e. The van der Waals surface area contributed by atoms with Gasteiger partial charge in [-0.25, -0.2) is 10.2 Å². The van der Waals surface area contributed by atoms with Crippen molar-refractivity contribution in [2.45, 2.75) is 0 Å². The van der Waals surface area contributed by atoms with Crippen molar-refractivity contribution in [3.05, 3.63) is 82.2 Å². The minimum Gasteiger partial charge on any atom is -0.493 e. The predicted molar refractivity (Wildman–Crippen MR) is 119 cm³/mol. The number of benzene rings is 2. The molecule has 2 N–H and O–H groups in total. The van der Waals surface area contributed by atoms with E-state index in [2.05, 4.69) is 31.8 Å². The number of nitrogens with zero attached hydrogens (tertiary/aromatic N) is 1. The molecule has 2 amide bonds. The van der Waals surface area contributed by atoms with E-state index in [1.807, 2.05) is 0 Å². The third kappa shape index (κ3) is 6.05. The van der Waals surface area contributed by atoms with Crippen LogP contribution in [0.5, 0.6) is 11.5 Å². The van der Waals surface area contributed by atoms with Crippen LogP contribution in [0, 0.1) is 0 Å². The highest BCUT2D eigenvalue weighted by molar-refractivity contribution is 9.10. The molecular formula is C22H18BrN3O6. The fraction of sp³-hybridized carbons (Fsp3) is 0.0909. The Balaban J connectivity index is 1.53. The summed E-state index contributed by atoms with van der Waals surface area (Å²) in [6, 6.07) is 14.7. The van der Waals surface area contributed by atoms with Crippen molar-refractivity contribution in [3.63, 3.8) is 0 Å². The monoisotopic (exact) mass is 499 g/mol. The Morgan fingerprint density at radius 2 is 1.91 bits per heavy atom. The van der Waals surface area contributed by atoms with Crippen LogP contribution >= 0.6 is 15.9 Å². The van der Waals surface area contributed by atoms with E-state index in [-0.39, 0.29) is 24.0 Å². The van der Waals surface area contributed by atoms with Crippen molar-refractivity contribution in [3.8, 4) is 11.5 Å². The smallest absolute Gasteiger partial charge is 0.379 e. The number of furan rings is 1. The van der Waals surface area contributed by atoms with Gasteiger partial charge in [0.1, 0.15) is 0 Å². The van der Waals surface area contributed by atoms with Gasteiger partial charge in [0.25, 0.3) is 11.8 Å². The van der Waals surface area contributed by atoms with Gasteiger partial charge >= 0.3 is 5.97 Å². The molecule has 32 heavy (non-hydrogen) atoms. The van der Waals surface area contributed by atoms with E-state index in [1.165, 1.54) is 31.7 Å². The number of hydrazone groups is 1. The SMILES string of the molecule is COc1cc(C=NNC(=O)CNC(=O)c2ccccc2Br)ccc1OC(=O)c1ccco1. The summed E-state index contributed by atoms with van der Waals surface area (Å²) in [5.74, 6) is -0.997. The second-order valence-electron chi connectivity index (χ2n) is 6.23. The first-order valence-electron chi connectivity index (χ1n) is 9.26. The molecular weight excluding hydrogens is 482 g/mol. The predicted octanol–water partition coefficient (Wildman–Crippen LogP) is 3.15. The maximum absolute atomic E-state index is 12.1. The van der Waals surface area contributed by atoms with Crippen molar-refractivity contribution >= 4 is 39.9 Å². The van der Waals surface area contributed by atoms with Crippen LogP contribution < -0.4 is 20.2 Å². The number of amides is 2. The molecule has 3 rings (SSSR count). The van der Waals surface area contributed by atoms with Crippen LogP contribution in [0.4, 0.5) is 0 Å². The fourth-order valence-electron chi connectivity index (χ4n) is 2.51. The van der Waals surface area contributed by atoms with E-state index in [4.69, 9.17) is 13.9 Å². The Labute approximate surface area is 191 Å². The highest BCUT2D eigenvalue weighted by Gasteiger charge is 2.15. The van der Waals surface area contributed by atoms with Crippen LogP contribution in [-0.4, -0.2) is 37.7 Å². The van der Waals surface area contributed by atoms with Gasteiger partial charge in [0.05, 0.1) is 31.7 Å². The molecule has 1 aromatic heterocycles. The van der Waals surface area contributed by atoms with Crippen LogP contribution in [0.15, 0.2) is 74.9 Å². The first-order valence-corrected chi connectivity index (χ1v) is 10.1. The number of carbonyl (C=O) groups is 3. The second kappa shape index (κ2) is 10.9. The fourth-order valence-corrected chi connectivity index (χ4v) is 2.98. The standard InChI is InChI=1S/C22H18BrN3O6/c1-30-19-11-14(8-9-17(19)32-22(29)18-7-4-10-31-18)12-25-26-20(27)13-24-21(28)15-5-2-3-6-16(15)23/h2-12H,13H2,1H3,(H,24,28)(H,26,27). The van der Waals surface area contributed by atoms with Crippen LogP contribution in [-0.2, 0) is 4.79 Å². The second-order valence-corrected chi connectivity index (χ2v) is 7.09. The van der Waals surface area contributed by atoms with Crippen molar-refractivity contribution in [2.24, 2.45) is 5.10 Å². The summed E-state index contributed by atoms with van der Waals surface area (Å²) >= 11 is 3.28. The van der Waals surface area contributed by atoms with Crippen LogP contribution in [0.2, 0.25) is 0 Å². The zero-order valence-corrected chi connectivity index (χ0v) is 18.4. The lowest BCUT2D eigenvalue weighted by molar-refractivity contribution is -0.120. The first-order chi connectivity index (χ1) is 15.5. The first kappa shape index (κ1) is 22.8. The van der Waals surface area contributed by atoms with Gasteiger partial charge in [0, 0.05) is 4.47 Å². The molecule has 0 aliphatic carbocycles. The van der Waals surface area contributed by atoms with E-state index >= 15 is 0 Å². The van der Waals surface area contributed by atoms with Crippen LogP contribution in [0.1, 0.15) is 26.5 Å². The number of carbonyl (C=O) groups excluding carboxylic acids is 3. The lowest BCUT2D eigenvalue weighted by Gasteiger charge is -2.09. The van der Waals surface area contributed by atoms with Gasteiger partial charge in [-0.05, 0) is 64.0 Å². The number of rotatable bonds is 8. The molecule has 10 heteroatoms. The third-order valence-electron chi connectivity index (χ3n) is 4.04. The maximum atomic E-state index is 12.1. The summed E-state index contributed by atoms with van der Waals surface area (Å²) in [6.07, 6.45) is 2.75. The minimum atomic E-state index is -0.661. The van der Waals surface area contributed by atoms with Crippen molar-refractivity contribution in [2.75, 3.05) is 13.7 Å². The highest BCUT2D eigenvalue weighted by Crippen LogP contribution is 2.28. The molecule has 9 nitrogen and oxygen atoms in total. The van der Waals surface area contributed by atoms with E-state index in [0.717, 1.165) is 0 Å². The number of nitrogens with one attached hydrogen (secondary N) is 2. The number of ether oxygens (including phenoxy) is 2. The molecule has 0 fully saturated rings. The average Bonchev–Trinajstić information content (AvgIpc) is 3.34. The molecule has 3 aromatic rings. The van der Waals surface area contributed by atoms with E-state index in [1.54, 1.807) is 42.5 Å². The summed E-state index contributed by atoms with van der Waals surface area (Å²) in [6.45, 7) is -0.248. The molecule has 0 aliphatic heterocycles. The van der Waals surface area contributed by atoms with Gasteiger partial charge in [0.15, 0.2) is 11.5 Å². The summed E-state index contributed by atoms with van der Waals surface area (Å²) in [7, 11) is 1.43. The Morgan fingerprint density at radius 1 is 1.09 bits per heavy atom. The number of hydrogen-bond acceptors (Lipinski definition) is 7. The Morgan fingerprint density at radius 3 is 2.62 bits per heavy atom. The van der Waals surface area contributed by atoms with Gasteiger partial charge in [-0.3, -0.25) is 9.59 Å². The third-order valence-corrected chi connectivity index (χ3v) is 4.74. The Hall–Kier alpha value is -3.92. The van der Waals surface area contributed by atoms with Gasteiger partial charge in [-0.15, -0.1) is 0 Å². The molecule has 0 saturated carbocycles. The van der Waals surface area contributed by atoms with Crippen molar-refractivity contribution in [1.82, 2.24) is 10.7 Å². The number of hydrogen-bond donors (Lipinski definition) is 2. The molecule has 1 heterocycles. The number of methoxy groups -OCH3 is 1. The lowest BCUT2D eigenvalue weighted by atomic mass is 10.2. The zero-order chi connectivity index (χ0) is 22.9. The normalized spacial score (nSPS) is 10.6. The van der Waals surface area contributed by atoms with Gasteiger partial charge in [-0.2, -0.15) is 5.10 Å². The molecule has 2 aromatic carbocycles. The molecule has 0 radical (unpaired) electrons. The largest absolute Gasteiger partial charge is 0.493 e. The molecule has 0 unspecified atom stereocenters. The van der Waals surface area contributed by atoms with E-state index in [9.17, 15) is 14.4 Å². The number of esters is 1. The summed E-state index contributed by atoms with van der Waals surface area (Å²) in [5.41, 5.74) is 3.32. The lowest BCUT2D eigenvalue weighted by Crippen LogP contribution is -2.35. The molecule has 0 bridgehead atoms. The quantitative estimate of drug-likeness (QED) is 0.212. The topological polar surface area (TPSA) is 119 Å². The van der Waals surface area contributed by atoms with Crippen molar-refractivity contribution in [1.29, 1.82) is 0 Å². The van der Waals surface area contributed by atoms with Crippen LogP contribution in [0.3, 0.4) is 0 Å².